The van der Waals surface area contributed by atoms with Crippen LogP contribution in [0.5, 0.6) is 5.75 Å². The van der Waals surface area contributed by atoms with Crippen molar-refractivity contribution in [3.63, 3.8) is 0 Å². The molecule has 1 unspecified atom stereocenters. The van der Waals surface area contributed by atoms with Crippen LogP contribution in [0.3, 0.4) is 0 Å². The van der Waals surface area contributed by atoms with E-state index in [1.165, 1.54) is 6.20 Å². The summed E-state index contributed by atoms with van der Waals surface area (Å²) in [5.41, 5.74) is 3.09. The second-order valence-electron chi connectivity index (χ2n) is 6.98. The summed E-state index contributed by atoms with van der Waals surface area (Å²) in [6, 6.07) is 7.16. The van der Waals surface area contributed by atoms with Gasteiger partial charge in [0.15, 0.2) is 4.18 Å². The number of hydrogen-bond donors (Lipinski definition) is 2. The lowest BCUT2D eigenvalue weighted by molar-refractivity contribution is 0.0765. The minimum Gasteiger partial charge on any atom is -0.489 e. The lowest BCUT2D eigenvalue weighted by atomic mass is 10.1. The molecule has 1 atom stereocenters. The summed E-state index contributed by atoms with van der Waals surface area (Å²) in [6.07, 6.45) is 1.91. The topological polar surface area (TPSA) is 91.8 Å². The number of hydrogen-bond acceptors (Lipinski definition) is 5. The molecule has 160 valence electrons. The number of aromatic nitrogens is 1. The highest BCUT2D eigenvalue weighted by Crippen LogP contribution is 2.28. The Kier molecular flexibility index (Phi) is 7.59. The molecule has 0 spiro atoms. The Labute approximate surface area is 187 Å². The number of benzene rings is 1. The van der Waals surface area contributed by atoms with Crippen molar-refractivity contribution in [2.24, 2.45) is 0 Å². The first kappa shape index (κ1) is 22.4. The van der Waals surface area contributed by atoms with Gasteiger partial charge in [-0.2, -0.15) is 0 Å². The first-order chi connectivity index (χ1) is 14.4. The van der Waals surface area contributed by atoms with Crippen LogP contribution in [0.2, 0.25) is 0 Å². The molecule has 0 bridgehead atoms. The van der Waals surface area contributed by atoms with Crippen molar-refractivity contribution < 1.29 is 23.8 Å². The third kappa shape index (κ3) is 5.25. The minimum atomic E-state index is -1.08. The summed E-state index contributed by atoms with van der Waals surface area (Å²) in [6.45, 7) is 2.85. The van der Waals surface area contributed by atoms with Gasteiger partial charge in [0, 0.05) is 43.6 Å². The van der Waals surface area contributed by atoms with E-state index in [-0.39, 0.29) is 30.7 Å². The summed E-state index contributed by atoms with van der Waals surface area (Å²) in [7, 11) is 0. The van der Waals surface area contributed by atoms with Gasteiger partial charge >= 0.3 is 0 Å². The standard InChI is InChI=1S/C21H23FIN3O4/c1-13-9-14(3-4-17(13)30-12-18(22)23)10-26-11-16-15(21(26)29)5-7-24-19(16)20(28)25-6-2-8-27/h3-5,7,9,18,27H,2,6,8,10-12H2,1H3,(H,25,28). The number of fused-ring (bicyclic) bond motifs is 1. The summed E-state index contributed by atoms with van der Waals surface area (Å²) in [5, 5.41) is 11.6. The van der Waals surface area contributed by atoms with Gasteiger partial charge in [-0.05, 0) is 59.2 Å². The number of ether oxygens (including phenoxy) is 1. The molecule has 0 radical (unpaired) electrons. The molecule has 1 aromatic heterocycles. The maximum absolute atomic E-state index is 13.0. The zero-order valence-electron chi connectivity index (χ0n) is 16.5. The Morgan fingerprint density at radius 1 is 1.43 bits per heavy atom. The smallest absolute Gasteiger partial charge is 0.270 e. The zero-order valence-corrected chi connectivity index (χ0v) is 18.7. The molecule has 2 amide bonds. The fraction of sp³-hybridized carbons (Fsp3) is 0.381. The summed E-state index contributed by atoms with van der Waals surface area (Å²) < 4.78 is 17.4. The number of carbonyl (C=O) groups excluding carboxylic acids is 2. The number of nitrogens with zero attached hydrogens (tertiary/aromatic N) is 2. The van der Waals surface area contributed by atoms with Crippen LogP contribution in [0.15, 0.2) is 30.5 Å². The number of pyridine rings is 1. The van der Waals surface area contributed by atoms with Gasteiger partial charge in [0.05, 0.1) is 0 Å². The van der Waals surface area contributed by atoms with Gasteiger partial charge in [0.1, 0.15) is 18.1 Å². The van der Waals surface area contributed by atoms with E-state index in [0.717, 1.165) is 11.1 Å². The number of carbonyl (C=O) groups is 2. The van der Waals surface area contributed by atoms with Crippen molar-refractivity contribution >= 4 is 34.4 Å². The van der Waals surface area contributed by atoms with Gasteiger partial charge in [0.2, 0.25) is 0 Å². The van der Waals surface area contributed by atoms with E-state index >= 15 is 0 Å². The number of aliphatic hydroxyl groups excluding tert-OH is 1. The number of rotatable bonds is 9. The van der Waals surface area contributed by atoms with E-state index in [2.05, 4.69) is 10.3 Å². The predicted octanol–water partition coefficient (Wildman–Crippen LogP) is 2.77. The third-order valence-corrected chi connectivity index (χ3v) is 5.10. The number of aliphatic hydroxyl groups is 1. The van der Waals surface area contributed by atoms with Gasteiger partial charge in [-0.3, -0.25) is 14.6 Å². The average molecular weight is 527 g/mol. The summed E-state index contributed by atoms with van der Waals surface area (Å²) in [4.78, 5) is 31.1. The van der Waals surface area contributed by atoms with Crippen molar-refractivity contribution in [3.05, 3.63) is 58.4 Å². The highest BCUT2D eigenvalue weighted by Gasteiger charge is 2.31. The van der Waals surface area contributed by atoms with Crippen molar-refractivity contribution in [3.8, 4) is 5.75 Å². The molecule has 2 heterocycles. The van der Waals surface area contributed by atoms with E-state index in [9.17, 15) is 14.0 Å². The molecule has 0 fully saturated rings. The van der Waals surface area contributed by atoms with Gasteiger partial charge in [-0.15, -0.1) is 0 Å². The molecule has 3 rings (SSSR count). The van der Waals surface area contributed by atoms with Gasteiger partial charge in [-0.25, -0.2) is 4.39 Å². The lowest BCUT2D eigenvalue weighted by Crippen LogP contribution is -2.27. The zero-order chi connectivity index (χ0) is 21.7. The van der Waals surface area contributed by atoms with Crippen LogP contribution >= 0.6 is 22.6 Å². The summed E-state index contributed by atoms with van der Waals surface area (Å²) in [5.74, 6) is 0.105. The Balaban J connectivity index is 1.71. The average Bonchev–Trinajstić information content (AvgIpc) is 3.03. The van der Waals surface area contributed by atoms with Crippen molar-refractivity contribution in [1.82, 2.24) is 15.2 Å². The van der Waals surface area contributed by atoms with Gasteiger partial charge in [0.25, 0.3) is 11.8 Å². The molecule has 0 saturated carbocycles. The molecular weight excluding hydrogens is 504 g/mol. The monoisotopic (exact) mass is 527 g/mol. The number of amides is 2. The van der Waals surface area contributed by atoms with Crippen LogP contribution in [-0.2, 0) is 13.1 Å². The van der Waals surface area contributed by atoms with Crippen molar-refractivity contribution in [1.29, 1.82) is 0 Å². The van der Waals surface area contributed by atoms with Crippen LogP contribution < -0.4 is 10.1 Å². The molecule has 1 aliphatic rings. The molecule has 30 heavy (non-hydrogen) atoms. The number of halogens is 2. The highest BCUT2D eigenvalue weighted by atomic mass is 127. The van der Waals surface area contributed by atoms with E-state index in [1.807, 2.05) is 19.1 Å². The maximum atomic E-state index is 13.0. The minimum absolute atomic E-state index is 0.0114. The van der Waals surface area contributed by atoms with Gasteiger partial charge < -0.3 is 20.1 Å². The Morgan fingerprint density at radius 2 is 2.23 bits per heavy atom. The number of aryl methyl sites for hydroxylation is 1. The summed E-state index contributed by atoms with van der Waals surface area (Å²) >= 11 is 1.66. The van der Waals surface area contributed by atoms with Crippen molar-refractivity contribution in [2.45, 2.75) is 30.6 Å². The quantitative estimate of drug-likeness (QED) is 0.298. The molecular formula is C21H23FIN3O4. The molecule has 9 heteroatoms. The normalized spacial score (nSPS) is 13.9. The van der Waals surface area contributed by atoms with E-state index in [0.29, 0.717) is 42.9 Å². The van der Waals surface area contributed by atoms with Crippen LogP contribution in [0, 0.1) is 6.92 Å². The molecule has 7 nitrogen and oxygen atoms in total. The molecule has 1 aromatic carbocycles. The van der Waals surface area contributed by atoms with Crippen LogP contribution in [0.25, 0.3) is 0 Å². The third-order valence-electron chi connectivity index (χ3n) is 4.74. The molecule has 2 N–H and O–H groups in total. The Bertz CT molecular complexity index is 938. The first-order valence-corrected chi connectivity index (χ1v) is 10.8. The van der Waals surface area contributed by atoms with Crippen molar-refractivity contribution in [2.75, 3.05) is 19.8 Å². The molecule has 2 aromatic rings. The fourth-order valence-corrected chi connectivity index (χ4v) is 3.50. The lowest BCUT2D eigenvalue weighted by Gasteiger charge is -2.17. The highest BCUT2D eigenvalue weighted by molar-refractivity contribution is 14.1. The first-order valence-electron chi connectivity index (χ1n) is 9.57. The van der Waals surface area contributed by atoms with Crippen LogP contribution in [0.1, 0.15) is 44.0 Å². The fourth-order valence-electron chi connectivity index (χ4n) is 3.32. The predicted molar refractivity (Wildman–Crippen MR) is 117 cm³/mol. The SMILES string of the molecule is Cc1cc(CN2Cc3c(ccnc3C(=O)NCCCO)C2=O)ccc1OCC(F)I. The maximum Gasteiger partial charge on any atom is 0.270 e. The Morgan fingerprint density at radius 3 is 2.93 bits per heavy atom. The van der Waals surface area contributed by atoms with E-state index in [1.54, 1.807) is 39.6 Å². The molecule has 0 aliphatic carbocycles. The van der Waals surface area contributed by atoms with Crippen LogP contribution in [0.4, 0.5) is 4.39 Å². The van der Waals surface area contributed by atoms with E-state index in [4.69, 9.17) is 9.84 Å². The number of nitrogens with one attached hydrogen (secondary N) is 1. The van der Waals surface area contributed by atoms with Gasteiger partial charge in [-0.1, -0.05) is 12.1 Å². The Hall–Kier alpha value is -2.27. The molecule has 0 saturated heterocycles. The largest absolute Gasteiger partial charge is 0.489 e. The second-order valence-corrected chi connectivity index (χ2v) is 8.33. The van der Waals surface area contributed by atoms with Crippen LogP contribution in [-0.4, -0.2) is 50.7 Å². The van der Waals surface area contributed by atoms with E-state index < -0.39 is 4.18 Å². The number of alkyl halides is 2. The molecule has 1 aliphatic heterocycles. The second kappa shape index (κ2) is 10.2.